The predicted molar refractivity (Wildman–Crippen MR) is 183 cm³/mol. The zero-order valence-corrected chi connectivity index (χ0v) is 28.2. The fourth-order valence-electron chi connectivity index (χ4n) is 3.95. The fourth-order valence-corrected chi connectivity index (χ4v) is 5.24. The molecule has 10 heteroatoms. The van der Waals surface area contributed by atoms with E-state index in [1.807, 2.05) is 57.2 Å². The Morgan fingerprint density at radius 2 is 1.14 bits per heavy atom. The lowest BCUT2D eigenvalue weighted by Crippen LogP contribution is -2.23. The van der Waals surface area contributed by atoms with Gasteiger partial charge in [0.25, 0.3) is 11.8 Å². The van der Waals surface area contributed by atoms with E-state index < -0.39 is 0 Å². The predicted octanol–water partition coefficient (Wildman–Crippen LogP) is 8.42. The van der Waals surface area contributed by atoms with Crippen molar-refractivity contribution in [3.8, 4) is 0 Å². The van der Waals surface area contributed by atoms with Gasteiger partial charge in [0.1, 0.15) is 11.6 Å². The summed E-state index contributed by atoms with van der Waals surface area (Å²) < 4.78 is 29.3. The topological polar surface area (TPSA) is 73.5 Å². The van der Waals surface area contributed by atoms with Gasteiger partial charge in [0.05, 0.1) is 22.5 Å². The van der Waals surface area contributed by atoms with Gasteiger partial charge in [0.2, 0.25) is 0 Å². The van der Waals surface area contributed by atoms with Crippen LogP contribution in [0.4, 0.5) is 31.5 Å². The normalized spacial score (nSPS) is 10.3. The first kappa shape index (κ1) is 33.2. The van der Waals surface area contributed by atoms with E-state index in [0.717, 1.165) is 29.6 Å². The maximum atomic E-state index is 13.5. The molecule has 0 saturated heterocycles. The van der Waals surface area contributed by atoms with Crippen LogP contribution in [0.3, 0.4) is 0 Å². The number of carbonyl (C=O) groups is 2. The van der Waals surface area contributed by atoms with Gasteiger partial charge in [-0.05, 0) is 150 Å². The number of hydrogen-bond acceptors (Lipinski definition) is 4. The highest BCUT2D eigenvalue weighted by atomic mass is 127. The summed E-state index contributed by atoms with van der Waals surface area (Å²) in [6, 6.07) is 20.1. The van der Waals surface area contributed by atoms with E-state index in [1.54, 1.807) is 14.1 Å². The lowest BCUT2D eigenvalue weighted by molar-refractivity contribution is 0.0828. The van der Waals surface area contributed by atoms with Crippen molar-refractivity contribution < 1.29 is 18.4 Å². The molecular formula is C32H32F2I2N4O2. The Balaban J connectivity index is 0.000000230. The third-order valence-corrected chi connectivity index (χ3v) is 7.44. The van der Waals surface area contributed by atoms with Crippen LogP contribution >= 0.6 is 45.2 Å². The molecule has 42 heavy (non-hydrogen) atoms. The summed E-state index contributed by atoms with van der Waals surface area (Å²) in [5, 5.41) is 9.03. The van der Waals surface area contributed by atoms with E-state index in [4.69, 9.17) is 0 Å². The Morgan fingerprint density at radius 1 is 0.690 bits per heavy atom. The molecule has 0 radical (unpaired) electrons. The van der Waals surface area contributed by atoms with Crippen molar-refractivity contribution in [3.63, 3.8) is 0 Å². The fraction of sp³-hybridized carbons (Fsp3) is 0.188. The molecule has 0 unspecified atom stereocenters. The molecule has 4 aromatic carbocycles. The summed E-state index contributed by atoms with van der Waals surface area (Å²) in [5.74, 6) is -1.14. The number of nitrogens with one attached hydrogen (secondary N) is 3. The summed E-state index contributed by atoms with van der Waals surface area (Å²) in [7, 11) is 3.34. The number of benzene rings is 4. The summed E-state index contributed by atoms with van der Waals surface area (Å²) >= 11 is 4.47. The molecule has 3 N–H and O–H groups in total. The molecule has 0 saturated carbocycles. The maximum Gasteiger partial charge on any atom is 0.255 e. The number of carbonyl (C=O) groups excluding carboxylic acids is 2. The molecule has 0 fully saturated rings. The summed E-state index contributed by atoms with van der Waals surface area (Å²) in [6.45, 7) is 6.31. The third-order valence-electron chi connectivity index (χ3n) is 6.10. The zero-order chi connectivity index (χ0) is 31.0. The van der Waals surface area contributed by atoms with Gasteiger partial charge in [-0.25, -0.2) is 8.78 Å². The molecule has 0 aliphatic rings. The number of halogens is 4. The number of amides is 2. The molecule has 4 aromatic rings. The quantitative estimate of drug-likeness (QED) is 0.164. The summed E-state index contributed by atoms with van der Waals surface area (Å²) in [5.41, 5.74) is 5.58. The highest BCUT2D eigenvalue weighted by molar-refractivity contribution is 14.1. The highest BCUT2D eigenvalue weighted by Gasteiger charge is 2.15. The van der Waals surface area contributed by atoms with Crippen molar-refractivity contribution >= 4 is 79.7 Å². The van der Waals surface area contributed by atoms with E-state index >= 15 is 0 Å². The van der Waals surface area contributed by atoms with Crippen molar-refractivity contribution in [2.45, 2.75) is 20.8 Å². The third kappa shape index (κ3) is 9.12. The molecule has 0 heterocycles. The second kappa shape index (κ2) is 15.3. The van der Waals surface area contributed by atoms with Crippen LogP contribution in [-0.4, -0.2) is 37.4 Å². The Labute approximate surface area is 272 Å². The number of rotatable bonds is 7. The second-order valence-corrected chi connectivity index (χ2v) is 12.1. The average molecular weight is 796 g/mol. The van der Waals surface area contributed by atoms with Gasteiger partial charge < -0.3 is 20.9 Å². The van der Waals surface area contributed by atoms with Gasteiger partial charge in [-0.15, -0.1) is 0 Å². The van der Waals surface area contributed by atoms with Crippen molar-refractivity contribution in [1.82, 2.24) is 10.2 Å². The van der Waals surface area contributed by atoms with Crippen molar-refractivity contribution in [2.75, 3.05) is 31.3 Å². The monoisotopic (exact) mass is 796 g/mol. The van der Waals surface area contributed by atoms with Crippen molar-refractivity contribution in [3.05, 3.63) is 114 Å². The van der Waals surface area contributed by atoms with Crippen LogP contribution in [0, 0.1) is 32.6 Å². The molecule has 0 atom stereocenters. The number of anilines is 4. The minimum absolute atomic E-state index is 0.166. The minimum Gasteiger partial charge on any atom is -0.355 e. The van der Waals surface area contributed by atoms with Gasteiger partial charge in [-0.2, -0.15) is 0 Å². The lowest BCUT2D eigenvalue weighted by Gasteiger charge is -2.16. The summed E-state index contributed by atoms with van der Waals surface area (Å²) in [6.07, 6.45) is 0. The Morgan fingerprint density at radius 3 is 1.57 bits per heavy atom. The van der Waals surface area contributed by atoms with Crippen LogP contribution in [0.5, 0.6) is 0 Å². The first-order chi connectivity index (χ1) is 19.9. The molecule has 220 valence electrons. The molecule has 0 aromatic heterocycles. The number of nitrogens with zero attached hydrogens (tertiary/aromatic N) is 1. The van der Waals surface area contributed by atoms with Crippen LogP contribution in [0.15, 0.2) is 72.8 Å². The molecule has 0 spiro atoms. The van der Waals surface area contributed by atoms with Crippen LogP contribution in [0.1, 0.15) is 38.8 Å². The first-order valence-corrected chi connectivity index (χ1v) is 15.2. The van der Waals surface area contributed by atoms with Gasteiger partial charge in [0.15, 0.2) is 0 Å². The second-order valence-electron chi connectivity index (χ2n) is 9.61. The first-order valence-electron chi connectivity index (χ1n) is 13.0. The van der Waals surface area contributed by atoms with E-state index in [9.17, 15) is 18.4 Å². The SMILES string of the molecule is CCNC(=O)c1ccc(F)cc1Nc1ccc(I)cc1C.Cc1cc(I)ccc1Nc1cc(F)ccc1C(=O)N(C)C. The molecular weight excluding hydrogens is 764 g/mol. The van der Waals surface area contributed by atoms with E-state index in [0.29, 0.717) is 29.0 Å². The molecule has 0 aliphatic carbocycles. The van der Waals surface area contributed by atoms with E-state index in [1.165, 1.54) is 41.3 Å². The molecule has 6 nitrogen and oxygen atoms in total. The number of hydrogen-bond donors (Lipinski definition) is 3. The Kier molecular flexibility index (Phi) is 12.1. The molecule has 4 rings (SSSR count). The molecule has 0 aliphatic heterocycles. The van der Waals surface area contributed by atoms with Crippen LogP contribution in [0.2, 0.25) is 0 Å². The number of aryl methyl sites for hydroxylation is 2. The minimum atomic E-state index is -0.381. The molecule has 2 amide bonds. The van der Waals surface area contributed by atoms with Gasteiger partial charge >= 0.3 is 0 Å². The smallest absolute Gasteiger partial charge is 0.255 e. The Bertz CT molecular complexity index is 1600. The Hall–Kier alpha value is -3.26. The van der Waals surface area contributed by atoms with Gasteiger partial charge in [0, 0.05) is 39.2 Å². The highest BCUT2D eigenvalue weighted by Crippen LogP contribution is 2.27. The van der Waals surface area contributed by atoms with Crippen molar-refractivity contribution in [2.24, 2.45) is 0 Å². The van der Waals surface area contributed by atoms with Gasteiger partial charge in [-0.1, -0.05) is 0 Å². The van der Waals surface area contributed by atoms with E-state index in [2.05, 4.69) is 61.1 Å². The average Bonchev–Trinajstić information content (AvgIpc) is 2.92. The zero-order valence-electron chi connectivity index (χ0n) is 23.9. The van der Waals surface area contributed by atoms with E-state index in [-0.39, 0.29) is 23.4 Å². The lowest BCUT2D eigenvalue weighted by atomic mass is 10.1. The summed E-state index contributed by atoms with van der Waals surface area (Å²) in [4.78, 5) is 25.7. The van der Waals surface area contributed by atoms with Crippen molar-refractivity contribution in [1.29, 1.82) is 0 Å². The van der Waals surface area contributed by atoms with Crippen LogP contribution < -0.4 is 16.0 Å². The van der Waals surface area contributed by atoms with Crippen LogP contribution in [-0.2, 0) is 0 Å². The van der Waals surface area contributed by atoms with Gasteiger partial charge in [-0.3, -0.25) is 9.59 Å². The maximum absolute atomic E-state index is 13.5. The molecule has 0 bridgehead atoms. The largest absolute Gasteiger partial charge is 0.355 e. The van der Waals surface area contributed by atoms with Crippen LogP contribution in [0.25, 0.3) is 0 Å². The standard InChI is InChI=1S/2C16H16FIN2O/c1-10-8-12(18)5-7-14(10)19-15-9-11(17)4-6-13(15)16(21)20(2)3;1-3-19-16(21)13-6-4-11(17)9-15(13)20-14-7-5-12(18)8-10(14)2/h4-9,19H,1-3H3;4-9,20H,3H2,1-2H3,(H,19,21).